The largest absolute Gasteiger partial charge is 0.493 e. The van der Waals surface area contributed by atoms with Crippen molar-refractivity contribution in [1.82, 2.24) is 19.8 Å². The summed E-state index contributed by atoms with van der Waals surface area (Å²) >= 11 is 7.00. The van der Waals surface area contributed by atoms with Crippen molar-refractivity contribution in [1.29, 1.82) is 0 Å². The molecule has 23 heavy (non-hydrogen) atoms. The van der Waals surface area contributed by atoms with Crippen LogP contribution in [0.1, 0.15) is 17.7 Å². The number of imide groups is 1. The highest BCUT2D eigenvalue weighted by molar-refractivity contribution is 7.10. The van der Waals surface area contributed by atoms with Crippen molar-refractivity contribution >= 4 is 35.1 Å². The van der Waals surface area contributed by atoms with Crippen LogP contribution in [0.4, 0.5) is 4.79 Å². The maximum Gasteiger partial charge on any atom is 0.325 e. The van der Waals surface area contributed by atoms with Gasteiger partial charge in [0.1, 0.15) is 15.8 Å². The Bertz CT molecular complexity index is 811. The normalized spacial score (nSPS) is 22.9. The van der Waals surface area contributed by atoms with Crippen molar-refractivity contribution in [3.05, 3.63) is 39.9 Å². The number of carbonyl (C=O) groups excluding carboxylic acids is 2. The first kappa shape index (κ1) is 14.4. The van der Waals surface area contributed by atoms with Gasteiger partial charge in [-0.15, -0.1) is 5.10 Å². The molecule has 1 aromatic heterocycles. The van der Waals surface area contributed by atoms with Crippen molar-refractivity contribution in [2.45, 2.75) is 18.5 Å². The SMILES string of the molecule is O=C1N[C@@]2(CCOc3ccccc32)C(=O)N1Cc1nnsc1Cl. The lowest BCUT2D eigenvalue weighted by Crippen LogP contribution is -2.47. The van der Waals surface area contributed by atoms with Crippen LogP contribution in [0.15, 0.2) is 24.3 Å². The Labute approximate surface area is 140 Å². The molecule has 0 radical (unpaired) electrons. The van der Waals surface area contributed by atoms with Crippen LogP contribution < -0.4 is 10.1 Å². The molecule has 0 bridgehead atoms. The van der Waals surface area contributed by atoms with E-state index in [9.17, 15) is 9.59 Å². The molecule has 118 valence electrons. The van der Waals surface area contributed by atoms with Gasteiger partial charge >= 0.3 is 6.03 Å². The number of rotatable bonds is 2. The highest BCUT2D eigenvalue weighted by Crippen LogP contribution is 2.41. The quantitative estimate of drug-likeness (QED) is 0.836. The third-order valence-electron chi connectivity index (χ3n) is 4.07. The van der Waals surface area contributed by atoms with Gasteiger partial charge in [0.15, 0.2) is 5.54 Å². The van der Waals surface area contributed by atoms with Crippen molar-refractivity contribution in [2.24, 2.45) is 0 Å². The van der Waals surface area contributed by atoms with Gasteiger partial charge in [0.25, 0.3) is 5.91 Å². The van der Waals surface area contributed by atoms with Crippen LogP contribution in [0.3, 0.4) is 0 Å². The van der Waals surface area contributed by atoms with Crippen molar-refractivity contribution in [3.63, 3.8) is 0 Å². The first-order valence-electron chi connectivity index (χ1n) is 6.95. The number of halogens is 1. The molecular weight excluding hydrogens is 340 g/mol. The van der Waals surface area contributed by atoms with Crippen molar-refractivity contribution in [3.8, 4) is 5.75 Å². The Balaban J connectivity index is 1.72. The molecule has 3 heterocycles. The zero-order chi connectivity index (χ0) is 16.0. The first-order valence-corrected chi connectivity index (χ1v) is 8.10. The summed E-state index contributed by atoms with van der Waals surface area (Å²) in [5, 5.41) is 6.69. The molecule has 1 spiro atoms. The second kappa shape index (κ2) is 5.17. The molecule has 2 aliphatic rings. The van der Waals surface area contributed by atoms with E-state index in [4.69, 9.17) is 16.3 Å². The Morgan fingerprint density at radius 1 is 1.39 bits per heavy atom. The number of para-hydroxylation sites is 1. The van der Waals surface area contributed by atoms with Gasteiger partial charge in [-0.25, -0.2) is 4.79 Å². The van der Waals surface area contributed by atoms with Crippen LogP contribution in [-0.2, 0) is 16.9 Å². The summed E-state index contributed by atoms with van der Waals surface area (Å²) in [7, 11) is 0. The topological polar surface area (TPSA) is 84.4 Å². The van der Waals surface area contributed by atoms with E-state index in [1.165, 1.54) is 0 Å². The summed E-state index contributed by atoms with van der Waals surface area (Å²) in [6.07, 6.45) is 0.383. The van der Waals surface area contributed by atoms with Gasteiger partial charge in [-0.05, 0) is 6.07 Å². The average Bonchev–Trinajstić information content (AvgIpc) is 3.06. The zero-order valence-corrected chi connectivity index (χ0v) is 13.4. The van der Waals surface area contributed by atoms with Gasteiger partial charge in [-0.2, -0.15) is 0 Å². The van der Waals surface area contributed by atoms with Gasteiger partial charge in [-0.1, -0.05) is 34.3 Å². The summed E-state index contributed by atoms with van der Waals surface area (Å²) in [5.41, 5.74) is 0.00847. The summed E-state index contributed by atoms with van der Waals surface area (Å²) in [6.45, 7) is 0.362. The number of ether oxygens (including phenoxy) is 1. The second-order valence-electron chi connectivity index (χ2n) is 5.31. The molecule has 2 aliphatic heterocycles. The van der Waals surface area contributed by atoms with E-state index >= 15 is 0 Å². The average molecular weight is 351 g/mol. The molecule has 2 aromatic rings. The fourth-order valence-electron chi connectivity index (χ4n) is 2.96. The van der Waals surface area contributed by atoms with Crippen LogP contribution in [-0.4, -0.2) is 33.0 Å². The van der Waals surface area contributed by atoms with Crippen molar-refractivity contribution in [2.75, 3.05) is 6.61 Å². The lowest BCUT2D eigenvalue weighted by molar-refractivity contribution is -0.133. The summed E-state index contributed by atoms with van der Waals surface area (Å²) in [6, 6.07) is 6.78. The summed E-state index contributed by atoms with van der Waals surface area (Å²) in [5.74, 6) is 0.296. The number of benzene rings is 1. The van der Waals surface area contributed by atoms with Crippen LogP contribution >= 0.6 is 23.1 Å². The van der Waals surface area contributed by atoms with Gasteiger partial charge in [0.05, 0.1) is 13.2 Å². The Kier molecular flexibility index (Phi) is 3.24. The standard InChI is InChI=1S/C14H11ClN4O3S/c15-11-9(17-18-23-11)7-19-12(20)14(16-13(19)21)5-6-22-10-4-2-1-3-8(10)14/h1-4H,5-7H2,(H,16,21)/t14-/m1/s1. The molecule has 9 heteroatoms. The van der Waals surface area contributed by atoms with E-state index in [0.29, 0.717) is 34.4 Å². The summed E-state index contributed by atoms with van der Waals surface area (Å²) in [4.78, 5) is 26.5. The highest BCUT2D eigenvalue weighted by Gasteiger charge is 2.54. The van der Waals surface area contributed by atoms with E-state index in [2.05, 4.69) is 14.9 Å². The molecule has 1 N–H and O–H groups in total. The van der Waals surface area contributed by atoms with Crippen LogP contribution in [0.5, 0.6) is 5.75 Å². The van der Waals surface area contributed by atoms with Gasteiger partial charge in [0, 0.05) is 23.5 Å². The number of hydrogen-bond donors (Lipinski definition) is 1. The number of carbonyl (C=O) groups is 2. The van der Waals surface area contributed by atoms with Gasteiger partial charge < -0.3 is 10.1 Å². The number of fused-ring (bicyclic) bond motifs is 2. The van der Waals surface area contributed by atoms with E-state index in [-0.39, 0.29) is 12.5 Å². The molecule has 0 saturated carbocycles. The van der Waals surface area contributed by atoms with Crippen LogP contribution in [0, 0.1) is 0 Å². The van der Waals surface area contributed by atoms with Crippen LogP contribution in [0.25, 0.3) is 0 Å². The predicted molar refractivity (Wildman–Crippen MR) is 82.2 cm³/mol. The number of nitrogens with zero attached hydrogens (tertiary/aromatic N) is 3. The Morgan fingerprint density at radius 3 is 3.00 bits per heavy atom. The highest BCUT2D eigenvalue weighted by atomic mass is 35.5. The molecule has 1 fully saturated rings. The van der Waals surface area contributed by atoms with E-state index in [1.807, 2.05) is 12.1 Å². The third kappa shape index (κ3) is 2.09. The fourth-order valence-corrected chi connectivity index (χ4v) is 3.57. The molecule has 7 nitrogen and oxygen atoms in total. The molecule has 1 aromatic carbocycles. The number of aromatic nitrogens is 2. The number of hydrogen-bond acceptors (Lipinski definition) is 6. The van der Waals surface area contributed by atoms with E-state index in [1.54, 1.807) is 12.1 Å². The molecule has 0 aliphatic carbocycles. The van der Waals surface area contributed by atoms with E-state index in [0.717, 1.165) is 16.4 Å². The fraction of sp³-hybridized carbons (Fsp3) is 0.286. The van der Waals surface area contributed by atoms with Crippen molar-refractivity contribution < 1.29 is 14.3 Å². The maximum absolute atomic E-state index is 13.0. The minimum atomic E-state index is -1.08. The van der Waals surface area contributed by atoms with E-state index < -0.39 is 11.6 Å². The molecule has 4 rings (SSSR count). The summed E-state index contributed by atoms with van der Waals surface area (Å²) < 4.78 is 9.69. The first-order chi connectivity index (χ1) is 11.1. The second-order valence-corrected chi connectivity index (χ2v) is 6.67. The minimum absolute atomic E-state index is 0.00474. The Morgan fingerprint density at radius 2 is 2.22 bits per heavy atom. The Hall–Kier alpha value is -2.19. The predicted octanol–water partition coefficient (Wildman–Crippen LogP) is 1.92. The third-order valence-corrected chi connectivity index (χ3v) is 5.06. The molecular formula is C14H11ClN4O3S. The molecule has 3 amide bonds. The molecule has 0 unspecified atom stereocenters. The number of nitrogens with one attached hydrogen (secondary N) is 1. The smallest absolute Gasteiger partial charge is 0.325 e. The molecule has 1 atom stereocenters. The number of urea groups is 1. The molecule has 1 saturated heterocycles. The lowest BCUT2D eigenvalue weighted by atomic mass is 9.84. The lowest BCUT2D eigenvalue weighted by Gasteiger charge is -2.33. The monoisotopic (exact) mass is 350 g/mol. The number of amides is 3. The maximum atomic E-state index is 13.0. The van der Waals surface area contributed by atoms with Gasteiger partial charge in [-0.3, -0.25) is 9.69 Å². The van der Waals surface area contributed by atoms with Crippen LogP contribution in [0.2, 0.25) is 4.34 Å². The minimum Gasteiger partial charge on any atom is -0.493 e. The zero-order valence-electron chi connectivity index (χ0n) is 11.8. The van der Waals surface area contributed by atoms with Gasteiger partial charge in [0.2, 0.25) is 0 Å².